The zero-order valence-corrected chi connectivity index (χ0v) is 15.3. The minimum Gasteiger partial charge on any atom is -0.379 e. The lowest BCUT2D eigenvalue weighted by atomic mass is 9.93. The van der Waals surface area contributed by atoms with Crippen molar-refractivity contribution in [2.45, 2.75) is 56.7 Å². The fraction of sp³-hybridized carbons (Fsp3) is 0.706. The first-order valence-corrected chi connectivity index (χ1v) is 9.16. The molecular formula is C17H21F3N4O4. The predicted molar refractivity (Wildman–Crippen MR) is 91.9 cm³/mol. The minimum absolute atomic E-state index is 0.120. The van der Waals surface area contributed by atoms with Crippen molar-refractivity contribution in [3.8, 4) is 0 Å². The highest BCUT2D eigenvalue weighted by atomic mass is 19.4. The van der Waals surface area contributed by atoms with E-state index in [1.165, 1.54) is 17.9 Å². The molecule has 2 atom stereocenters. The first kappa shape index (κ1) is 19.2. The Morgan fingerprint density at radius 2 is 2.00 bits per heavy atom. The number of alkyl halides is 3. The van der Waals surface area contributed by atoms with Crippen LogP contribution in [0.4, 0.5) is 13.2 Å². The molecule has 1 N–H and O–H groups in total. The third-order valence-corrected chi connectivity index (χ3v) is 5.61. The number of rotatable bonds is 4. The highest BCUT2D eigenvalue weighted by Crippen LogP contribution is 2.38. The van der Waals surface area contributed by atoms with Crippen molar-refractivity contribution >= 4 is 11.2 Å². The molecule has 2 unspecified atom stereocenters. The molecule has 4 rings (SSSR count). The molecule has 0 spiro atoms. The molecule has 3 heterocycles. The third-order valence-electron chi connectivity index (χ3n) is 5.61. The van der Waals surface area contributed by atoms with Crippen molar-refractivity contribution in [3.63, 3.8) is 0 Å². The highest BCUT2D eigenvalue weighted by Gasteiger charge is 2.55. The Hall–Kier alpha value is -2.14. The SMILES string of the molecule is Cn1c(=O)n(CC2CCC(O)(C(F)(F)F)CO2)c(=O)c2c1ncn2CC1CC1. The van der Waals surface area contributed by atoms with Crippen LogP contribution in [0.5, 0.6) is 0 Å². The second-order valence-corrected chi connectivity index (χ2v) is 7.77. The zero-order chi connectivity index (χ0) is 20.3. The van der Waals surface area contributed by atoms with E-state index in [2.05, 4.69) is 4.98 Å². The fourth-order valence-electron chi connectivity index (χ4n) is 3.58. The molecule has 1 aliphatic carbocycles. The predicted octanol–water partition coefficient (Wildman–Crippen LogP) is 0.779. The largest absolute Gasteiger partial charge is 0.419 e. The number of ether oxygens (including phenoxy) is 1. The van der Waals surface area contributed by atoms with E-state index < -0.39 is 42.2 Å². The van der Waals surface area contributed by atoms with Crippen molar-refractivity contribution in [2.75, 3.05) is 6.61 Å². The van der Waals surface area contributed by atoms with E-state index in [0.29, 0.717) is 18.0 Å². The number of aryl methyl sites for hydroxylation is 1. The summed E-state index contributed by atoms with van der Waals surface area (Å²) in [5, 5.41) is 9.69. The summed E-state index contributed by atoms with van der Waals surface area (Å²) in [6, 6.07) is 0. The highest BCUT2D eigenvalue weighted by molar-refractivity contribution is 5.69. The van der Waals surface area contributed by atoms with Gasteiger partial charge in [-0.1, -0.05) is 0 Å². The van der Waals surface area contributed by atoms with E-state index in [1.807, 2.05) is 0 Å². The minimum atomic E-state index is -4.79. The number of hydrogen-bond acceptors (Lipinski definition) is 5. The summed E-state index contributed by atoms with van der Waals surface area (Å²) in [6.45, 7) is -0.454. The first-order chi connectivity index (χ1) is 13.1. The molecule has 154 valence electrons. The second-order valence-electron chi connectivity index (χ2n) is 7.77. The van der Waals surface area contributed by atoms with Gasteiger partial charge in [-0.25, -0.2) is 9.78 Å². The molecule has 2 aliphatic rings. The number of nitrogens with zero attached hydrogens (tertiary/aromatic N) is 4. The Morgan fingerprint density at radius 3 is 2.57 bits per heavy atom. The van der Waals surface area contributed by atoms with Crippen LogP contribution in [0.2, 0.25) is 0 Å². The topological polar surface area (TPSA) is 91.3 Å². The molecule has 0 aromatic carbocycles. The van der Waals surface area contributed by atoms with E-state index in [-0.39, 0.29) is 18.6 Å². The van der Waals surface area contributed by atoms with Gasteiger partial charge in [0.1, 0.15) is 0 Å². The van der Waals surface area contributed by atoms with Crippen LogP contribution in [0, 0.1) is 5.92 Å². The van der Waals surface area contributed by atoms with E-state index in [0.717, 1.165) is 17.4 Å². The van der Waals surface area contributed by atoms with Gasteiger partial charge in [0.25, 0.3) is 5.56 Å². The molecule has 1 aliphatic heterocycles. The zero-order valence-electron chi connectivity index (χ0n) is 15.3. The molecule has 0 amide bonds. The standard InChI is InChI=1S/C17H21F3N4O4/c1-22-13-12(23(9-21-13)6-10-2-3-10)14(25)24(15(22)26)7-11-4-5-16(27,8-28-11)17(18,19)20/h9-11,27H,2-8H2,1H3. The van der Waals surface area contributed by atoms with Crippen LogP contribution in [-0.2, 0) is 24.9 Å². The molecule has 0 bridgehead atoms. The molecule has 2 aromatic heterocycles. The first-order valence-electron chi connectivity index (χ1n) is 9.16. The molecular weight excluding hydrogens is 381 g/mol. The third kappa shape index (κ3) is 3.16. The molecule has 11 heteroatoms. The van der Waals surface area contributed by atoms with Gasteiger partial charge in [-0.05, 0) is 31.6 Å². The molecule has 28 heavy (non-hydrogen) atoms. The van der Waals surface area contributed by atoms with Crippen LogP contribution in [0.1, 0.15) is 25.7 Å². The Bertz CT molecular complexity index is 1010. The normalized spacial score (nSPS) is 26.1. The van der Waals surface area contributed by atoms with Crippen LogP contribution in [0.15, 0.2) is 15.9 Å². The van der Waals surface area contributed by atoms with E-state index in [1.54, 1.807) is 4.57 Å². The Balaban J connectivity index is 1.62. The average molecular weight is 402 g/mol. The van der Waals surface area contributed by atoms with E-state index in [9.17, 15) is 27.9 Å². The summed E-state index contributed by atoms with van der Waals surface area (Å²) >= 11 is 0. The summed E-state index contributed by atoms with van der Waals surface area (Å²) in [5.74, 6) is 0.490. The smallest absolute Gasteiger partial charge is 0.379 e. The number of aromatic nitrogens is 4. The van der Waals surface area contributed by atoms with Crippen LogP contribution < -0.4 is 11.2 Å². The lowest BCUT2D eigenvalue weighted by molar-refractivity contribution is -0.295. The number of fused-ring (bicyclic) bond motifs is 1. The summed E-state index contributed by atoms with van der Waals surface area (Å²) in [7, 11) is 1.50. The number of aliphatic hydroxyl groups is 1. The van der Waals surface area contributed by atoms with E-state index >= 15 is 0 Å². The maximum atomic E-state index is 12.9. The molecule has 1 saturated heterocycles. The average Bonchev–Trinajstić information content (AvgIpc) is 3.34. The van der Waals surface area contributed by atoms with Gasteiger partial charge in [-0.3, -0.25) is 13.9 Å². The molecule has 2 fully saturated rings. The van der Waals surface area contributed by atoms with Gasteiger partial charge in [0.15, 0.2) is 16.8 Å². The van der Waals surface area contributed by atoms with Gasteiger partial charge in [0, 0.05) is 13.6 Å². The maximum absolute atomic E-state index is 12.9. The monoisotopic (exact) mass is 402 g/mol. The van der Waals surface area contributed by atoms with Crippen molar-refractivity contribution in [1.29, 1.82) is 0 Å². The van der Waals surface area contributed by atoms with Crippen LogP contribution >= 0.6 is 0 Å². The summed E-state index contributed by atoms with van der Waals surface area (Å²) in [6.07, 6.45) is -2.53. The molecule has 0 radical (unpaired) electrons. The quantitative estimate of drug-likeness (QED) is 0.816. The summed E-state index contributed by atoms with van der Waals surface area (Å²) in [5.41, 5.74) is -3.45. The number of halogens is 3. The van der Waals surface area contributed by atoms with Crippen LogP contribution in [0.25, 0.3) is 11.2 Å². The summed E-state index contributed by atoms with van der Waals surface area (Å²) in [4.78, 5) is 29.7. The van der Waals surface area contributed by atoms with Gasteiger partial charge < -0.3 is 14.4 Å². The molecule has 1 saturated carbocycles. The van der Waals surface area contributed by atoms with Crippen molar-refractivity contribution in [3.05, 3.63) is 27.2 Å². The van der Waals surface area contributed by atoms with Gasteiger partial charge in [0.2, 0.25) is 0 Å². The van der Waals surface area contributed by atoms with E-state index in [4.69, 9.17) is 4.74 Å². The lowest BCUT2D eigenvalue weighted by Gasteiger charge is -2.37. The van der Waals surface area contributed by atoms with Gasteiger partial charge in [-0.2, -0.15) is 13.2 Å². The maximum Gasteiger partial charge on any atom is 0.419 e. The fourth-order valence-corrected chi connectivity index (χ4v) is 3.58. The second kappa shape index (κ2) is 6.45. The lowest BCUT2D eigenvalue weighted by Crippen LogP contribution is -2.54. The molecule has 2 aromatic rings. The molecule has 8 nitrogen and oxygen atoms in total. The van der Waals surface area contributed by atoms with Gasteiger partial charge in [0.05, 0.1) is 25.6 Å². The van der Waals surface area contributed by atoms with Crippen molar-refractivity contribution in [2.24, 2.45) is 13.0 Å². The number of imidazole rings is 1. The Morgan fingerprint density at radius 1 is 1.29 bits per heavy atom. The van der Waals surface area contributed by atoms with Gasteiger partial charge in [-0.15, -0.1) is 0 Å². The van der Waals surface area contributed by atoms with Crippen molar-refractivity contribution < 1.29 is 23.0 Å². The van der Waals surface area contributed by atoms with Crippen LogP contribution in [-0.4, -0.2) is 48.3 Å². The number of hydrogen-bond donors (Lipinski definition) is 1. The van der Waals surface area contributed by atoms with Crippen LogP contribution in [0.3, 0.4) is 0 Å². The van der Waals surface area contributed by atoms with Gasteiger partial charge >= 0.3 is 11.9 Å². The summed E-state index contributed by atoms with van der Waals surface area (Å²) < 4.78 is 47.9. The Kier molecular flexibility index (Phi) is 4.42. The Labute approximate surface area is 157 Å². The van der Waals surface area contributed by atoms with Crippen molar-refractivity contribution in [1.82, 2.24) is 18.7 Å².